The monoisotopic (exact) mass is 334 g/mol. The minimum Gasteiger partial charge on any atom is -0.830 e. The molecular weight excluding hydrogens is 320 g/mol. The molecule has 0 rings (SSSR count). The van der Waals surface area contributed by atoms with Crippen LogP contribution in [0.1, 0.15) is 0 Å². The molecule has 13 heteroatoms. The Labute approximate surface area is 117 Å². The number of aliphatic hydroxyl groups excluding tert-OH is 6. The third kappa shape index (κ3) is 32.0. The zero-order chi connectivity index (χ0) is 15.5. The molecule has 0 spiro atoms. The zero-order valence-electron chi connectivity index (χ0n) is 9.03. The van der Waals surface area contributed by atoms with Crippen LogP contribution in [0.15, 0.2) is 0 Å². The molecule has 0 aromatic rings. The summed E-state index contributed by atoms with van der Waals surface area (Å²) in [4.78, 5) is 0. The molecule has 0 saturated carbocycles. The van der Waals surface area contributed by atoms with Gasteiger partial charge in [0, 0.05) is 29.6 Å². The van der Waals surface area contributed by atoms with Crippen molar-refractivity contribution in [1.29, 1.82) is 0 Å². The fourth-order valence-corrected chi connectivity index (χ4v) is 0. The van der Waals surface area contributed by atoms with Crippen molar-refractivity contribution >= 4 is 0 Å². The van der Waals surface area contributed by atoms with E-state index in [1.165, 1.54) is 0 Å². The molecule has 0 aromatic carbocycles. The first-order valence-electron chi connectivity index (χ1n) is 4.01. The Kier molecular flexibility index (Phi) is 23.2. The van der Waals surface area contributed by atoms with Gasteiger partial charge in [0.05, 0.1) is 0 Å². The minimum atomic E-state index is -2.40. The first-order chi connectivity index (χ1) is 7.93. The van der Waals surface area contributed by atoms with E-state index in [0.29, 0.717) is 0 Å². The Balaban J connectivity index is -0.0000000865. The summed E-state index contributed by atoms with van der Waals surface area (Å²) in [6, 6.07) is 0. The Bertz CT molecular complexity index is 114. The molecular formula is C6H14FeO12-4. The van der Waals surface area contributed by atoms with Crippen LogP contribution in [0.2, 0.25) is 0 Å². The van der Waals surface area contributed by atoms with Gasteiger partial charge in [-0.2, -0.15) is 0 Å². The Morgan fingerprint density at radius 1 is 0.421 bits per heavy atom. The van der Waals surface area contributed by atoms with Crippen LogP contribution in [0.3, 0.4) is 0 Å². The van der Waals surface area contributed by atoms with Gasteiger partial charge in [0.15, 0.2) is 12.6 Å². The molecule has 12 nitrogen and oxygen atoms in total. The van der Waals surface area contributed by atoms with E-state index in [0.717, 1.165) is 0 Å². The first-order valence-corrected chi connectivity index (χ1v) is 4.01. The average molecular weight is 334 g/mol. The van der Waals surface area contributed by atoms with E-state index in [2.05, 4.69) is 0 Å². The van der Waals surface area contributed by atoms with E-state index in [9.17, 15) is 20.4 Å². The molecule has 122 valence electrons. The smallest absolute Gasteiger partial charge is 0.162 e. The van der Waals surface area contributed by atoms with Gasteiger partial charge in [-0.25, -0.2) is 0 Å². The molecule has 19 heavy (non-hydrogen) atoms. The molecule has 0 aliphatic rings. The first kappa shape index (κ1) is 27.4. The molecule has 0 bridgehead atoms. The van der Waals surface area contributed by atoms with Crippen LogP contribution in [0.5, 0.6) is 0 Å². The summed E-state index contributed by atoms with van der Waals surface area (Å²) in [5.41, 5.74) is 0. The van der Waals surface area contributed by atoms with Crippen molar-refractivity contribution in [3.63, 3.8) is 0 Å². The predicted octanol–water partition coefficient (Wildman–Crippen LogP) is -9.71. The molecule has 4 unspecified atom stereocenters. The maximum absolute atomic E-state index is 9.28. The Morgan fingerprint density at radius 2 is 0.526 bits per heavy atom. The quantitative estimate of drug-likeness (QED) is 0.177. The van der Waals surface area contributed by atoms with Crippen LogP contribution in [-0.4, -0.2) is 78.6 Å². The van der Waals surface area contributed by atoms with Gasteiger partial charge >= 0.3 is 0 Å². The second-order valence-electron chi connectivity index (χ2n) is 2.39. The summed E-state index contributed by atoms with van der Waals surface area (Å²) in [6.45, 7) is 0. The third-order valence-corrected chi connectivity index (χ3v) is 0.754. The number of hydrogen-bond acceptors (Lipinski definition) is 12. The second-order valence-corrected chi connectivity index (χ2v) is 2.39. The summed E-state index contributed by atoms with van der Waals surface area (Å²) in [7, 11) is 0. The molecule has 0 amide bonds. The topological polar surface area (TPSA) is 254 Å². The molecule has 0 radical (unpaired) electrons. The molecule has 0 saturated heterocycles. The Morgan fingerprint density at radius 3 is 0.526 bits per heavy atom. The van der Waals surface area contributed by atoms with Crippen LogP contribution < -0.4 is 20.4 Å². The van der Waals surface area contributed by atoms with Crippen molar-refractivity contribution in [2.45, 2.75) is 37.7 Å². The number of aliphatic hydroxyl groups is 8. The van der Waals surface area contributed by atoms with Gasteiger partial charge < -0.3 is 61.3 Å². The van der Waals surface area contributed by atoms with Crippen molar-refractivity contribution in [3.05, 3.63) is 0 Å². The van der Waals surface area contributed by atoms with E-state index in [1.54, 1.807) is 0 Å². The fraction of sp³-hybridized carbons (Fsp3) is 1.00. The normalized spacial score (nSPS) is 16.1. The van der Waals surface area contributed by atoms with Crippen LogP contribution in [0, 0.1) is 0 Å². The maximum atomic E-state index is 9.28. The van der Waals surface area contributed by atoms with E-state index in [4.69, 9.17) is 40.9 Å². The van der Waals surface area contributed by atoms with Crippen LogP contribution in [0.25, 0.3) is 0 Å². The Hall–Kier alpha value is 0.0395. The largest absolute Gasteiger partial charge is 0.830 e. The summed E-state index contributed by atoms with van der Waals surface area (Å²) in [5, 5.41) is 97.7. The molecule has 0 aliphatic heterocycles. The third-order valence-electron chi connectivity index (χ3n) is 0.754. The summed E-state index contributed by atoms with van der Waals surface area (Å²) in [5.74, 6) is 0. The van der Waals surface area contributed by atoms with Crippen molar-refractivity contribution in [2.24, 2.45) is 0 Å². The van der Waals surface area contributed by atoms with Crippen molar-refractivity contribution < 1.29 is 78.3 Å². The van der Waals surface area contributed by atoms with E-state index >= 15 is 0 Å². The number of hydrogen-bond donors (Lipinski definition) is 8. The average Bonchev–Trinajstić information content (AvgIpc) is 2.18. The van der Waals surface area contributed by atoms with Crippen molar-refractivity contribution in [2.75, 3.05) is 0 Å². The molecule has 8 N–H and O–H groups in total. The van der Waals surface area contributed by atoms with E-state index < -0.39 is 37.7 Å². The van der Waals surface area contributed by atoms with Crippen LogP contribution in [-0.2, 0) is 17.1 Å². The summed E-state index contributed by atoms with van der Waals surface area (Å²) >= 11 is 0. The fourth-order valence-electron chi connectivity index (χ4n) is 0. The van der Waals surface area contributed by atoms with Crippen LogP contribution >= 0.6 is 0 Å². The van der Waals surface area contributed by atoms with Crippen molar-refractivity contribution in [1.82, 2.24) is 0 Å². The van der Waals surface area contributed by atoms with Crippen molar-refractivity contribution in [3.8, 4) is 0 Å². The van der Waals surface area contributed by atoms with Gasteiger partial charge in [-0.15, -0.1) is 0 Å². The second kappa shape index (κ2) is 16.1. The zero-order valence-corrected chi connectivity index (χ0v) is 10.1. The SMILES string of the molecule is [Fe].[O-]C(O)C(O)O.[O-]C(O)C(O)O.[O-]C(O)C([O-])O. The van der Waals surface area contributed by atoms with Gasteiger partial charge in [0.1, 0.15) is 0 Å². The molecule has 0 aliphatic carbocycles. The minimum absolute atomic E-state index is 0. The molecule has 0 fully saturated rings. The van der Waals surface area contributed by atoms with Gasteiger partial charge in [-0.05, 0) is 12.6 Å². The van der Waals surface area contributed by atoms with Gasteiger partial charge in [-0.1, -0.05) is 0 Å². The summed E-state index contributed by atoms with van der Waals surface area (Å²) in [6.07, 6.45) is -13.7. The molecule has 0 heterocycles. The van der Waals surface area contributed by atoms with E-state index in [1.807, 2.05) is 0 Å². The van der Waals surface area contributed by atoms with Gasteiger partial charge in [0.25, 0.3) is 0 Å². The maximum Gasteiger partial charge on any atom is 0.162 e. The van der Waals surface area contributed by atoms with Gasteiger partial charge in [-0.3, -0.25) is 0 Å². The molecule has 0 aromatic heterocycles. The summed E-state index contributed by atoms with van der Waals surface area (Å²) < 4.78 is 0. The van der Waals surface area contributed by atoms with Crippen LogP contribution in [0.4, 0.5) is 0 Å². The molecule has 4 atom stereocenters. The predicted molar refractivity (Wildman–Crippen MR) is 40.5 cm³/mol. The van der Waals surface area contributed by atoms with E-state index in [-0.39, 0.29) is 17.1 Å². The number of rotatable bonds is 3. The standard InChI is InChI=1S/2C2H5O4.C2H4O4.Fe/c3*3-1(4)2(5)6;/h2*1-5H;1-3,5H;/q2*-1;-2;. The van der Waals surface area contributed by atoms with Gasteiger partial charge in [0.2, 0.25) is 0 Å².